The van der Waals surface area contributed by atoms with Crippen molar-refractivity contribution in [1.82, 2.24) is 19.6 Å². The molecule has 1 fully saturated rings. The molecule has 2 rings (SSSR count). The third kappa shape index (κ3) is 6.11. The first-order valence-corrected chi connectivity index (χ1v) is 10.1. The lowest BCUT2D eigenvalue weighted by Gasteiger charge is -2.44. The fraction of sp³-hybridized carbons (Fsp3) is 0.700. The van der Waals surface area contributed by atoms with Crippen LogP contribution in [0.15, 0.2) is 11.9 Å². The molecule has 0 saturated carbocycles. The molecule has 10 nitrogen and oxygen atoms in total. The first kappa shape index (κ1) is 23.5. The molecule has 0 aromatic carbocycles. The number of ketones is 1. The van der Waals surface area contributed by atoms with Gasteiger partial charge in [-0.05, 0) is 34.1 Å². The molecule has 0 aromatic heterocycles. The van der Waals surface area contributed by atoms with Crippen LogP contribution in [0.1, 0.15) is 40.5 Å². The monoisotopic (exact) mass is 423 g/mol. The van der Waals surface area contributed by atoms with Crippen molar-refractivity contribution in [3.05, 3.63) is 11.9 Å². The summed E-state index contributed by atoms with van der Waals surface area (Å²) in [6, 6.07) is -0.686. The summed E-state index contributed by atoms with van der Waals surface area (Å²) in [6.45, 7) is 9.27. The summed E-state index contributed by atoms with van der Waals surface area (Å²) >= 11 is 0. The van der Waals surface area contributed by atoms with Gasteiger partial charge in [-0.15, -0.1) is 0 Å². The van der Waals surface area contributed by atoms with Gasteiger partial charge < -0.3 is 30.1 Å². The molecule has 1 atom stereocenters. The van der Waals surface area contributed by atoms with Gasteiger partial charge in [0.05, 0.1) is 12.7 Å². The van der Waals surface area contributed by atoms with Gasteiger partial charge in [-0.2, -0.15) is 0 Å². The van der Waals surface area contributed by atoms with Crippen LogP contribution >= 0.6 is 0 Å². The maximum atomic E-state index is 12.8. The van der Waals surface area contributed by atoms with Crippen molar-refractivity contribution in [2.75, 3.05) is 39.9 Å². The molecule has 1 unspecified atom stereocenters. The van der Waals surface area contributed by atoms with E-state index in [4.69, 9.17) is 10.5 Å². The van der Waals surface area contributed by atoms with Gasteiger partial charge in [-0.25, -0.2) is 4.79 Å². The Morgan fingerprint density at radius 2 is 1.77 bits per heavy atom. The lowest BCUT2D eigenvalue weighted by Crippen LogP contribution is -2.56. The molecule has 10 heteroatoms. The maximum Gasteiger partial charge on any atom is 0.410 e. The fourth-order valence-electron chi connectivity index (χ4n) is 3.56. The van der Waals surface area contributed by atoms with Gasteiger partial charge in [0.2, 0.25) is 5.91 Å². The maximum absolute atomic E-state index is 12.8. The van der Waals surface area contributed by atoms with E-state index < -0.39 is 17.6 Å². The summed E-state index contributed by atoms with van der Waals surface area (Å²) in [6.07, 6.45) is 1.42. The lowest BCUT2D eigenvalue weighted by atomic mass is 10.0. The van der Waals surface area contributed by atoms with Crippen molar-refractivity contribution >= 4 is 23.7 Å². The van der Waals surface area contributed by atoms with Crippen LogP contribution in [0.5, 0.6) is 0 Å². The summed E-state index contributed by atoms with van der Waals surface area (Å²) < 4.78 is 5.42. The van der Waals surface area contributed by atoms with Gasteiger partial charge >= 0.3 is 6.09 Å². The third-order valence-corrected chi connectivity index (χ3v) is 5.06. The van der Waals surface area contributed by atoms with E-state index >= 15 is 0 Å². The quantitative estimate of drug-likeness (QED) is 0.654. The number of rotatable bonds is 6. The molecule has 0 aliphatic carbocycles. The molecule has 1 saturated heterocycles. The average molecular weight is 424 g/mol. The van der Waals surface area contributed by atoms with Crippen molar-refractivity contribution in [3.63, 3.8) is 0 Å². The number of amides is 3. The van der Waals surface area contributed by atoms with Crippen LogP contribution in [0.4, 0.5) is 4.79 Å². The highest BCUT2D eigenvalue weighted by molar-refractivity contribution is 5.94. The largest absolute Gasteiger partial charge is 0.444 e. The number of nitrogens with zero attached hydrogens (tertiary/aromatic N) is 4. The first-order chi connectivity index (χ1) is 13.9. The summed E-state index contributed by atoms with van der Waals surface area (Å²) in [5.74, 6) is -0.210. The molecule has 0 bridgehead atoms. The number of primary amides is 1. The highest BCUT2D eigenvalue weighted by Gasteiger charge is 2.34. The Morgan fingerprint density at radius 1 is 1.17 bits per heavy atom. The van der Waals surface area contributed by atoms with Gasteiger partial charge in [0.25, 0.3) is 5.91 Å². The number of piperazine rings is 1. The fourth-order valence-corrected chi connectivity index (χ4v) is 3.56. The average Bonchev–Trinajstić information content (AvgIpc) is 2.62. The van der Waals surface area contributed by atoms with Gasteiger partial charge in [0.1, 0.15) is 11.4 Å². The van der Waals surface area contributed by atoms with Crippen LogP contribution in [0.2, 0.25) is 0 Å². The van der Waals surface area contributed by atoms with Gasteiger partial charge in [-0.1, -0.05) is 0 Å². The van der Waals surface area contributed by atoms with Crippen molar-refractivity contribution in [2.24, 2.45) is 5.73 Å². The minimum Gasteiger partial charge on any atom is -0.444 e. The van der Waals surface area contributed by atoms with E-state index in [1.165, 1.54) is 17.9 Å². The molecule has 0 aromatic rings. The van der Waals surface area contributed by atoms with E-state index in [-0.39, 0.29) is 37.3 Å². The van der Waals surface area contributed by atoms with E-state index in [1.54, 1.807) is 4.90 Å². The van der Waals surface area contributed by atoms with Gasteiger partial charge in [-0.3, -0.25) is 14.4 Å². The van der Waals surface area contributed by atoms with Crippen LogP contribution in [-0.4, -0.2) is 94.8 Å². The van der Waals surface area contributed by atoms with Crippen LogP contribution in [0.25, 0.3) is 0 Å². The van der Waals surface area contributed by atoms with Gasteiger partial charge in [0.15, 0.2) is 5.78 Å². The number of ether oxygens (including phenoxy) is 1. The first-order valence-electron chi connectivity index (χ1n) is 10.1. The standard InChI is InChI=1S/C20H33N5O5/c1-14(26)15(6-7-16(21)27)25-13-22(5)17(12-18(25)28)23-8-10-24(11-9-23)19(29)30-20(2,3)4/h12,15H,6-11,13H2,1-5H3,(H2,21,27). The summed E-state index contributed by atoms with van der Waals surface area (Å²) in [4.78, 5) is 55.2. The molecule has 30 heavy (non-hydrogen) atoms. The zero-order valence-electron chi connectivity index (χ0n) is 18.5. The second kappa shape index (κ2) is 9.36. The lowest BCUT2D eigenvalue weighted by molar-refractivity contribution is -0.139. The van der Waals surface area contributed by atoms with E-state index in [2.05, 4.69) is 0 Å². The summed E-state index contributed by atoms with van der Waals surface area (Å²) in [5.41, 5.74) is 4.65. The van der Waals surface area contributed by atoms with E-state index in [1.807, 2.05) is 37.6 Å². The Kier molecular flexibility index (Phi) is 7.33. The molecule has 2 N–H and O–H groups in total. The Hall–Kier alpha value is -2.78. The predicted molar refractivity (Wildman–Crippen MR) is 110 cm³/mol. The number of hydrogen-bond acceptors (Lipinski definition) is 7. The SMILES string of the molecule is CC(=O)C(CCC(N)=O)N1CN(C)C(N2CCN(C(=O)OC(C)(C)C)CC2)=CC1=O. The van der Waals surface area contributed by atoms with Crippen molar-refractivity contribution in [3.8, 4) is 0 Å². The third-order valence-electron chi connectivity index (χ3n) is 5.06. The zero-order chi connectivity index (χ0) is 22.6. The van der Waals surface area contributed by atoms with Crippen molar-refractivity contribution in [1.29, 1.82) is 0 Å². The minimum absolute atomic E-state index is 0.0426. The topological polar surface area (TPSA) is 116 Å². The Labute approximate surface area is 177 Å². The van der Waals surface area contributed by atoms with Crippen LogP contribution in [-0.2, 0) is 19.1 Å². The molecule has 0 radical (unpaired) electrons. The molecule has 2 aliphatic rings. The predicted octanol–water partition coefficient (Wildman–Crippen LogP) is 0.335. The molecule has 0 spiro atoms. The Bertz CT molecular complexity index is 722. The zero-order valence-corrected chi connectivity index (χ0v) is 18.5. The molecular weight excluding hydrogens is 390 g/mol. The summed E-state index contributed by atoms with van der Waals surface area (Å²) in [5, 5.41) is 0. The number of hydrogen-bond donors (Lipinski definition) is 1. The highest BCUT2D eigenvalue weighted by Crippen LogP contribution is 2.22. The normalized spacial score (nSPS) is 18.8. The van der Waals surface area contributed by atoms with Crippen molar-refractivity contribution in [2.45, 2.75) is 52.2 Å². The van der Waals surface area contributed by atoms with Crippen molar-refractivity contribution < 1.29 is 23.9 Å². The second-order valence-corrected chi connectivity index (χ2v) is 8.74. The number of Topliss-reactive ketones (excluding diaryl/α,β-unsaturated/α-hetero) is 1. The number of carbonyl (C=O) groups is 4. The summed E-state index contributed by atoms with van der Waals surface area (Å²) in [7, 11) is 1.84. The molecule has 2 aliphatic heterocycles. The van der Waals surface area contributed by atoms with Crippen LogP contribution < -0.4 is 5.73 Å². The minimum atomic E-state index is -0.686. The van der Waals surface area contributed by atoms with E-state index in [9.17, 15) is 19.2 Å². The number of carbonyl (C=O) groups excluding carboxylic acids is 4. The Balaban J connectivity index is 2.02. The molecular formula is C20H33N5O5. The van der Waals surface area contributed by atoms with E-state index in [0.29, 0.717) is 26.2 Å². The number of nitrogens with two attached hydrogens (primary N) is 1. The van der Waals surface area contributed by atoms with Crippen LogP contribution in [0, 0.1) is 0 Å². The highest BCUT2D eigenvalue weighted by atomic mass is 16.6. The van der Waals surface area contributed by atoms with Gasteiger partial charge in [0, 0.05) is 45.7 Å². The Morgan fingerprint density at radius 3 is 2.27 bits per heavy atom. The molecule has 168 valence electrons. The van der Waals surface area contributed by atoms with E-state index in [0.717, 1.165) is 5.82 Å². The second-order valence-electron chi connectivity index (χ2n) is 8.74. The molecule has 3 amide bonds. The van der Waals surface area contributed by atoms with Crippen LogP contribution in [0.3, 0.4) is 0 Å². The molecule has 2 heterocycles. The smallest absolute Gasteiger partial charge is 0.410 e.